The zero-order valence-corrected chi connectivity index (χ0v) is 16.1. The van der Waals surface area contributed by atoms with E-state index in [1.54, 1.807) is 28.8 Å². The molecule has 2 aromatic rings. The fraction of sp³-hybridized carbons (Fsp3) is 0.500. The van der Waals surface area contributed by atoms with E-state index in [1.807, 2.05) is 0 Å². The van der Waals surface area contributed by atoms with E-state index in [0.717, 1.165) is 25.0 Å². The van der Waals surface area contributed by atoms with Gasteiger partial charge in [0.1, 0.15) is 4.21 Å². The molecule has 25 heavy (non-hydrogen) atoms. The van der Waals surface area contributed by atoms with E-state index in [1.165, 1.54) is 20.5 Å². The summed E-state index contributed by atoms with van der Waals surface area (Å²) in [5.41, 5.74) is 1.10. The first-order valence-corrected chi connectivity index (χ1v) is 11.5. The van der Waals surface area contributed by atoms with Crippen LogP contribution in [0.2, 0.25) is 0 Å². The summed E-state index contributed by atoms with van der Waals surface area (Å²) >= 11 is 2.76. The smallest absolute Gasteiger partial charge is 0.252 e. The number of carbonyl (C=O) groups is 1. The van der Waals surface area contributed by atoms with Gasteiger partial charge in [-0.25, -0.2) is 13.4 Å². The molecular weight excluding hydrogens is 378 g/mol. The van der Waals surface area contributed by atoms with Crippen molar-refractivity contribution in [2.24, 2.45) is 5.92 Å². The highest BCUT2D eigenvalue weighted by Crippen LogP contribution is 2.31. The predicted octanol–water partition coefficient (Wildman–Crippen LogP) is 2.73. The summed E-state index contributed by atoms with van der Waals surface area (Å²) in [6, 6.07) is 3.34. The fourth-order valence-electron chi connectivity index (χ4n) is 3.36. The monoisotopic (exact) mass is 397 g/mol. The van der Waals surface area contributed by atoms with E-state index >= 15 is 0 Å². The molecule has 0 saturated carbocycles. The van der Waals surface area contributed by atoms with Crippen LogP contribution >= 0.6 is 22.7 Å². The van der Waals surface area contributed by atoms with Crippen LogP contribution in [0.25, 0.3) is 0 Å². The molecule has 4 rings (SSSR count). The number of nitrogens with one attached hydrogen (secondary N) is 1. The van der Waals surface area contributed by atoms with Crippen molar-refractivity contribution in [2.45, 2.75) is 36.3 Å². The summed E-state index contributed by atoms with van der Waals surface area (Å²) in [4.78, 5) is 18.3. The van der Waals surface area contributed by atoms with E-state index in [9.17, 15) is 13.2 Å². The van der Waals surface area contributed by atoms with Gasteiger partial charge in [-0.3, -0.25) is 4.79 Å². The minimum absolute atomic E-state index is 0.126. The van der Waals surface area contributed by atoms with Crippen LogP contribution in [0.4, 0.5) is 5.13 Å². The lowest BCUT2D eigenvalue weighted by Gasteiger charge is -2.30. The van der Waals surface area contributed by atoms with Crippen LogP contribution < -0.4 is 5.32 Å². The Hall–Kier alpha value is -1.29. The van der Waals surface area contributed by atoms with Gasteiger partial charge in [0.25, 0.3) is 10.0 Å². The number of nitrogens with zero attached hydrogens (tertiary/aromatic N) is 2. The van der Waals surface area contributed by atoms with Gasteiger partial charge in [0.05, 0.1) is 11.6 Å². The number of piperidine rings is 1. The van der Waals surface area contributed by atoms with Gasteiger partial charge in [-0.1, -0.05) is 6.07 Å². The average Bonchev–Trinajstić information content (AvgIpc) is 3.32. The molecule has 0 spiro atoms. The second kappa shape index (κ2) is 6.79. The highest BCUT2D eigenvalue weighted by atomic mass is 32.2. The van der Waals surface area contributed by atoms with Gasteiger partial charge in [-0.05, 0) is 43.6 Å². The molecule has 0 bridgehead atoms. The van der Waals surface area contributed by atoms with E-state index in [0.29, 0.717) is 28.7 Å². The maximum atomic E-state index is 12.7. The first kappa shape index (κ1) is 17.1. The van der Waals surface area contributed by atoms with E-state index in [4.69, 9.17) is 0 Å². The number of rotatable bonds is 4. The Labute approximate surface area is 154 Å². The van der Waals surface area contributed by atoms with Gasteiger partial charge in [0.2, 0.25) is 5.91 Å². The van der Waals surface area contributed by atoms with Crippen molar-refractivity contribution in [3.05, 3.63) is 28.1 Å². The number of hydrogen-bond donors (Lipinski definition) is 1. The number of thiophene rings is 1. The lowest BCUT2D eigenvalue weighted by molar-refractivity contribution is -0.120. The van der Waals surface area contributed by atoms with Crippen molar-refractivity contribution in [2.75, 3.05) is 18.4 Å². The number of fused-ring (bicyclic) bond motifs is 1. The Kier molecular flexibility index (Phi) is 4.65. The summed E-state index contributed by atoms with van der Waals surface area (Å²) in [6.07, 6.45) is 4.56. The van der Waals surface area contributed by atoms with Crippen LogP contribution in [0, 0.1) is 5.92 Å². The van der Waals surface area contributed by atoms with Crippen LogP contribution in [0.1, 0.15) is 29.8 Å². The van der Waals surface area contributed by atoms with Gasteiger partial charge < -0.3 is 5.32 Å². The molecule has 3 heterocycles. The van der Waals surface area contributed by atoms with E-state index < -0.39 is 10.0 Å². The maximum absolute atomic E-state index is 12.7. The summed E-state index contributed by atoms with van der Waals surface area (Å²) in [6.45, 7) is 0.701. The zero-order valence-electron chi connectivity index (χ0n) is 13.6. The van der Waals surface area contributed by atoms with Crippen molar-refractivity contribution in [1.82, 2.24) is 9.29 Å². The number of amides is 1. The van der Waals surface area contributed by atoms with Crippen molar-refractivity contribution in [1.29, 1.82) is 0 Å². The lowest BCUT2D eigenvalue weighted by Crippen LogP contribution is -2.43. The first-order valence-electron chi connectivity index (χ1n) is 8.37. The minimum Gasteiger partial charge on any atom is -0.302 e. The predicted molar refractivity (Wildman–Crippen MR) is 98.6 cm³/mol. The number of aromatic nitrogens is 1. The van der Waals surface area contributed by atoms with E-state index in [-0.39, 0.29) is 18.4 Å². The molecule has 1 unspecified atom stereocenters. The molecule has 1 atom stereocenters. The Morgan fingerprint density at radius 2 is 2.20 bits per heavy atom. The number of hydrogen-bond acceptors (Lipinski definition) is 6. The molecule has 1 aliphatic carbocycles. The van der Waals surface area contributed by atoms with Crippen LogP contribution in [0.5, 0.6) is 0 Å². The van der Waals surface area contributed by atoms with E-state index in [2.05, 4.69) is 10.3 Å². The second-order valence-electron chi connectivity index (χ2n) is 6.37. The molecule has 0 aromatic carbocycles. The molecule has 1 fully saturated rings. The van der Waals surface area contributed by atoms with Gasteiger partial charge in [0.15, 0.2) is 5.13 Å². The molecule has 2 aliphatic rings. The zero-order chi connectivity index (χ0) is 17.4. The quantitative estimate of drug-likeness (QED) is 0.860. The summed E-state index contributed by atoms with van der Waals surface area (Å²) in [5.74, 6) is -0.458. The average molecular weight is 398 g/mol. The van der Waals surface area contributed by atoms with Gasteiger partial charge >= 0.3 is 0 Å². The molecule has 134 valence electrons. The third-order valence-electron chi connectivity index (χ3n) is 4.67. The molecule has 2 aromatic heterocycles. The molecule has 9 heteroatoms. The molecule has 0 radical (unpaired) electrons. The largest absolute Gasteiger partial charge is 0.302 e. The molecule has 6 nitrogen and oxygen atoms in total. The van der Waals surface area contributed by atoms with Crippen LogP contribution in [0.3, 0.4) is 0 Å². The normalized spacial score (nSPS) is 21.2. The third kappa shape index (κ3) is 3.38. The lowest BCUT2D eigenvalue weighted by atomic mass is 9.99. The Morgan fingerprint density at radius 3 is 2.96 bits per heavy atom. The van der Waals surface area contributed by atoms with Crippen molar-refractivity contribution in [3.63, 3.8) is 0 Å². The van der Waals surface area contributed by atoms with Gasteiger partial charge in [-0.15, -0.1) is 22.7 Å². The summed E-state index contributed by atoms with van der Waals surface area (Å²) in [7, 11) is -3.50. The molecule has 1 N–H and O–H groups in total. The number of aryl methyl sites for hydroxylation is 2. The van der Waals surface area contributed by atoms with Gasteiger partial charge in [-0.2, -0.15) is 4.31 Å². The highest BCUT2D eigenvalue weighted by molar-refractivity contribution is 7.91. The maximum Gasteiger partial charge on any atom is 0.252 e. The molecule has 1 saturated heterocycles. The van der Waals surface area contributed by atoms with Crippen molar-refractivity contribution in [3.8, 4) is 0 Å². The fourth-order valence-corrected chi connectivity index (χ4v) is 7.08. The number of carbonyl (C=O) groups excluding carboxylic acids is 1. The Morgan fingerprint density at radius 1 is 1.32 bits per heavy atom. The number of thiazole rings is 1. The standard InChI is InChI=1S/C16H19N3O3S3/c20-15(18-16-17-12-5-1-6-13(12)24-16)11-4-2-8-19(10-11)25(21,22)14-7-3-9-23-14/h3,7,9,11H,1-2,4-6,8,10H2,(H,17,18,20). The molecule has 1 amide bonds. The highest BCUT2D eigenvalue weighted by Gasteiger charge is 2.34. The Bertz CT molecular complexity index is 852. The van der Waals surface area contributed by atoms with Crippen molar-refractivity contribution >= 4 is 43.7 Å². The van der Waals surface area contributed by atoms with Gasteiger partial charge in [0, 0.05) is 18.0 Å². The summed E-state index contributed by atoms with van der Waals surface area (Å²) in [5, 5.41) is 5.30. The number of anilines is 1. The van der Waals surface area contributed by atoms with Crippen LogP contribution in [0.15, 0.2) is 21.7 Å². The SMILES string of the molecule is O=C(Nc1nc2c(s1)CCC2)C1CCCN(S(=O)(=O)c2cccs2)C1. The third-order valence-corrected chi connectivity index (χ3v) is 8.98. The summed E-state index contributed by atoms with van der Waals surface area (Å²) < 4.78 is 27.1. The second-order valence-corrected chi connectivity index (χ2v) is 10.6. The number of sulfonamides is 1. The van der Waals surface area contributed by atoms with Crippen molar-refractivity contribution < 1.29 is 13.2 Å². The molecular formula is C16H19N3O3S3. The molecule has 1 aliphatic heterocycles. The topological polar surface area (TPSA) is 79.4 Å². The Balaban J connectivity index is 1.44. The van der Waals surface area contributed by atoms with Crippen LogP contribution in [-0.2, 0) is 27.7 Å². The van der Waals surface area contributed by atoms with Crippen LogP contribution in [-0.4, -0.2) is 36.7 Å². The minimum atomic E-state index is -3.50. The first-order chi connectivity index (χ1) is 12.0.